The van der Waals surface area contributed by atoms with Gasteiger partial charge in [0.25, 0.3) is 0 Å². The number of halogens is 1. The smallest absolute Gasteiger partial charge is 0.326 e. The van der Waals surface area contributed by atoms with Crippen LogP contribution < -0.4 is 10.6 Å². The Balaban J connectivity index is 2.00. The predicted molar refractivity (Wildman–Crippen MR) is 60.6 cm³/mol. The second-order valence-corrected chi connectivity index (χ2v) is 3.34. The minimum atomic E-state index is -0.440. The summed E-state index contributed by atoms with van der Waals surface area (Å²) in [5, 5.41) is 8.96. The number of carbonyl (C=O) groups is 1. The number of nitrogens with zero attached hydrogens (tertiary/aromatic N) is 1. The maximum atomic E-state index is 11.5. The predicted octanol–water partition coefficient (Wildman–Crippen LogP) is 2.97. The number of benzene rings is 1. The highest BCUT2D eigenvalue weighted by Gasteiger charge is 2.06. The minimum absolute atomic E-state index is 0.268. The lowest BCUT2D eigenvalue weighted by molar-refractivity contribution is 0.261. The average Bonchev–Trinajstić information content (AvgIpc) is 2.74. The van der Waals surface area contributed by atoms with Gasteiger partial charge in [0.2, 0.25) is 5.88 Å². The molecule has 0 spiro atoms. The molecule has 0 aliphatic heterocycles. The third-order valence-corrected chi connectivity index (χ3v) is 2.13. The van der Waals surface area contributed by atoms with Gasteiger partial charge >= 0.3 is 6.03 Å². The van der Waals surface area contributed by atoms with Crippen LogP contribution in [0.5, 0.6) is 0 Å². The highest BCUT2D eigenvalue weighted by molar-refractivity contribution is 6.33. The standard InChI is InChI=1S/C10H8ClN3O2/c11-7-3-1-2-4-8(7)13-10(15)14-9-5-6-12-16-9/h1-6H,(H2,13,14,15). The number of carbonyl (C=O) groups excluding carboxylic acids is 1. The first-order valence-corrected chi connectivity index (χ1v) is 4.87. The lowest BCUT2D eigenvalue weighted by Gasteiger charge is -2.06. The van der Waals surface area contributed by atoms with Gasteiger partial charge in [-0.1, -0.05) is 28.9 Å². The Bertz CT molecular complexity index is 485. The van der Waals surface area contributed by atoms with Gasteiger partial charge in [0, 0.05) is 6.07 Å². The van der Waals surface area contributed by atoms with E-state index in [2.05, 4.69) is 15.8 Å². The van der Waals surface area contributed by atoms with E-state index < -0.39 is 6.03 Å². The molecule has 2 rings (SSSR count). The van der Waals surface area contributed by atoms with Crippen molar-refractivity contribution < 1.29 is 9.32 Å². The fraction of sp³-hybridized carbons (Fsp3) is 0. The molecule has 0 saturated heterocycles. The SMILES string of the molecule is O=C(Nc1ccno1)Nc1ccccc1Cl. The minimum Gasteiger partial charge on any atom is -0.338 e. The lowest BCUT2D eigenvalue weighted by atomic mass is 10.3. The summed E-state index contributed by atoms with van der Waals surface area (Å²) in [5.41, 5.74) is 0.529. The van der Waals surface area contributed by atoms with Crippen molar-refractivity contribution >= 4 is 29.2 Å². The maximum absolute atomic E-state index is 11.5. The molecular formula is C10H8ClN3O2. The molecule has 2 aromatic rings. The van der Waals surface area contributed by atoms with Gasteiger partial charge in [0.05, 0.1) is 16.9 Å². The molecule has 6 heteroatoms. The molecule has 0 saturated carbocycles. The number of amides is 2. The van der Waals surface area contributed by atoms with Crippen LogP contribution in [-0.4, -0.2) is 11.2 Å². The van der Waals surface area contributed by atoms with Gasteiger partial charge in [0.15, 0.2) is 0 Å². The summed E-state index contributed by atoms with van der Waals surface area (Å²) in [6.45, 7) is 0. The van der Waals surface area contributed by atoms with E-state index in [1.165, 1.54) is 12.3 Å². The van der Waals surface area contributed by atoms with Gasteiger partial charge in [-0.2, -0.15) is 0 Å². The van der Waals surface area contributed by atoms with Gasteiger partial charge in [-0.05, 0) is 12.1 Å². The van der Waals surface area contributed by atoms with Crippen molar-refractivity contribution in [3.05, 3.63) is 41.6 Å². The number of urea groups is 1. The Morgan fingerprint density at radius 1 is 1.25 bits per heavy atom. The molecule has 0 fully saturated rings. The summed E-state index contributed by atoms with van der Waals surface area (Å²) in [6, 6.07) is 8.03. The summed E-state index contributed by atoms with van der Waals surface area (Å²) in [7, 11) is 0. The van der Waals surface area contributed by atoms with Crippen molar-refractivity contribution in [2.24, 2.45) is 0 Å². The molecule has 1 aromatic carbocycles. The zero-order valence-corrected chi connectivity index (χ0v) is 8.86. The molecule has 0 radical (unpaired) electrons. The van der Waals surface area contributed by atoms with Crippen LogP contribution in [0.1, 0.15) is 0 Å². The molecular weight excluding hydrogens is 230 g/mol. The first kappa shape index (κ1) is 10.5. The van der Waals surface area contributed by atoms with E-state index in [0.29, 0.717) is 10.7 Å². The number of anilines is 2. The fourth-order valence-corrected chi connectivity index (χ4v) is 1.29. The Morgan fingerprint density at radius 2 is 2.06 bits per heavy atom. The zero-order valence-electron chi connectivity index (χ0n) is 8.11. The molecule has 5 nitrogen and oxygen atoms in total. The molecule has 82 valence electrons. The molecule has 0 atom stereocenters. The van der Waals surface area contributed by atoms with E-state index in [-0.39, 0.29) is 5.88 Å². The van der Waals surface area contributed by atoms with E-state index in [9.17, 15) is 4.79 Å². The first-order valence-electron chi connectivity index (χ1n) is 4.49. The Morgan fingerprint density at radius 3 is 2.75 bits per heavy atom. The van der Waals surface area contributed by atoms with Crippen molar-refractivity contribution in [2.45, 2.75) is 0 Å². The van der Waals surface area contributed by atoms with Crippen molar-refractivity contribution in [1.29, 1.82) is 0 Å². The quantitative estimate of drug-likeness (QED) is 0.844. The number of aromatic nitrogens is 1. The van der Waals surface area contributed by atoms with Gasteiger partial charge in [-0.15, -0.1) is 0 Å². The van der Waals surface area contributed by atoms with Crippen LogP contribution >= 0.6 is 11.6 Å². The zero-order chi connectivity index (χ0) is 11.4. The van der Waals surface area contributed by atoms with E-state index in [0.717, 1.165) is 0 Å². The fourth-order valence-electron chi connectivity index (χ4n) is 1.11. The highest BCUT2D eigenvalue weighted by atomic mass is 35.5. The number of nitrogens with one attached hydrogen (secondary N) is 2. The monoisotopic (exact) mass is 237 g/mol. The number of hydrogen-bond donors (Lipinski definition) is 2. The molecule has 0 aliphatic carbocycles. The largest absolute Gasteiger partial charge is 0.338 e. The summed E-state index contributed by atoms with van der Waals surface area (Å²) < 4.78 is 4.72. The van der Waals surface area contributed by atoms with E-state index in [4.69, 9.17) is 16.1 Å². The van der Waals surface area contributed by atoms with E-state index in [1.54, 1.807) is 24.3 Å². The van der Waals surface area contributed by atoms with E-state index in [1.807, 2.05) is 0 Å². The van der Waals surface area contributed by atoms with Crippen LogP contribution in [0, 0.1) is 0 Å². The topological polar surface area (TPSA) is 67.2 Å². The van der Waals surface area contributed by atoms with Crippen molar-refractivity contribution in [2.75, 3.05) is 10.6 Å². The molecule has 1 heterocycles. The molecule has 0 aliphatic rings. The second-order valence-electron chi connectivity index (χ2n) is 2.94. The summed E-state index contributed by atoms with van der Waals surface area (Å²) >= 11 is 5.87. The van der Waals surface area contributed by atoms with Crippen LogP contribution in [0.15, 0.2) is 41.1 Å². The third-order valence-electron chi connectivity index (χ3n) is 1.80. The molecule has 2 N–H and O–H groups in total. The van der Waals surface area contributed by atoms with Crippen LogP contribution in [0.3, 0.4) is 0 Å². The lowest BCUT2D eigenvalue weighted by Crippen LogP contribution is -2.19. The van der Waals surface area contributed by atoms with Crippen LogP contribution in [0.2, 0.25) is 5.02 Å². The van der Waals surface area contributed by atoms with Crippen molar-refractivity contribution in [1.82, 2.24) is 5.16 Å². The number of rotatable bonds is 2. The molecule has 16 heavy (non-hydrogen) atoms. The van der Waals surface area contributed by atoms with Gasteiger partial charge in [-0.3, -0.25) is 5.32 Å². The summed E-state index contributed by atoms with van der Waals surface area (Å²) in [6.07, 6.45) is 1.44. The highest BCUT2D eigenvalue weighted by Crippen LogP contribution is 2.20. The second kappa shape index (κ2) is 4.67. The van der Waals surface area contributed by atoms with Gasteiger partial charge in [-0.25, -0.2) is 4.79 Å². The first-order chi connectivity index (χ1) is 7.75. The Hall–Kier alpha value is -2.01. The average molecular weight is 238 g/mol. The number of para-hydroxylation sites is 1. The van der Waals surface area contributed by atoms with Crippen LogP contribution in [0.4, 0.5) is 16.4 Å². The van der Waals surface area contributed by atoms with E-state index >= 15 is 0 Å². The van der Waals surface area contributed by atoms with Gasteiger partial charge in [0.1, 0.15) is 0 Å². The summed E-state index contributed by atoms with van der Waals surface area (Å²) in [5.74, 6) is 0.268. The molecule has 0 bridgehead atoms. The van der Waals surface area contributed by atoms with Crippen LogP contribution in [-0.2, 0) is 0 Å². The Kier molecular flexibility index (Phi) is 3.07. The van der Waals surface area contributed by atoms with Crippen molar-refractivity contribution in [3.8, 4) is 0 Å². The molecule has 2 amide bonds. The van der Waals surface area contributed by atoms with Gasteiger partial charge < -0.3 is 9.84 Å². The molecule has 0 unspecified atom stereocenters. The normalized spacial score (nSPS) is 9.81. The maximum Gasteiger partial charge on any atom is 0.326 e. The van der Waals surface area contributed by atoms with Crippen molar-refractivity contribution in [3.63, 3.8) is 0 Å². The van der Waals surface area contributed by atoms with Crippen LogP contribution in [0.25, 0.3) is 0 Å². The summed E-state index contributed by atoms with van der Waals surface area (Å²) in [4.78, 5) is 11.5. The molecule has 1 aromatic heterocycles. The number of hydrogen-bond acceptors (Lipinski definition) is 3. The Labute approximate surface area is 96.4 Å². The third kappa shape index (κ3) is 2.52.